The molecule has 0 spiro atoms. The largest absolute Gasteiger partial charge is 0.484 e. The first kappa shape index (κ1) is 19.0. The van der Waals surface area contributed by atoms with Gasteiger partial charge in [-0.1, -0.05) is 37.3 Å². The zero-order chi connectivity index (χ0) is 19.1. The highest BCUT2D eigenvalue weighted by molar-refractivity contribution is 5.93. The van der Waals surface area contributed by atoms with Gasteiger partial charge in [-0.15, -0.1) is 0 Å². The summed E-state index contributed by atoms with van der Waals surface area (Å²) in [4.78, 5) is 26.7. The van der Waals surface area contributed by atoms with E-state index in [1.807, 2.05) is 54.6 Å². The molecule has 3 rings (SSSR count). The van der Waals surface area contributed by atoms with E-state index in [4.69, 9.17) is 4.74 Å². The second-order valence-corrected chi connectivity index (χ2v) is 6.82. The monoisotopic (exact) mass is 366 g/mol. The number of rotatable bonds is 6. The number of para-hydroxylation sites is 1. The Balaban J connectivity index is 1.50. The quantitative estimate of drug-likeness (QED) is 0.851. The number of anilines is 1. The third-order valence-corrected chi connectivity index (χ3v) is 4.88. The van der Waals surface area contributed by atoms with Crippen molar-refractivity contribution in [3.63, 3.8) is 0 Å². The number of aryl methyl sites for hydroxylation is 1. The topological polar surface area (TPSA) is 58.6 Å². The Morgan fingerprint density at radius 3 is 2.56 bits per heavy atom. The third kappa shape index (κ3) is 5.33. The minimum Gasteiger partial charge on any atom is -0.484 e. The molecular formula is C22H26N2O3. The van der Waals surface area contributed by atoms with Crippen molar-refractivity contribution in [2.24, 2.45) is 5.92 Å². The lowest BCUT2D eigenvalue weighted by Crippen LogP contribution is -2.45. The maximum Gasteiger partial charge on any atom is 0.260 e. The zero-order valence-electron chi connectivity index (χ0n) is 15.7. The molecule has 1 N–H and O–H groups in total. The predicted octanol–water partition coefficient (Wildman–Crippen LogP) is 3.51. The van der Waals surface area contributed by atoms with Crippen LogP contribution in [0.1, 0.15) is 25.3 Å². The van der Waals surface area contributed by atoms with E-state index in [0.717, 1.165) is 24.9 Å². The lowest BCUT2D eigenvalue weighted by molar-refractivity contribution is -0.136. The van der Waals surface area contributed by atoms with E-state index in [1.165, 1.54) is 5.56 Å². The minimum absolute atomic E-state index is 0.00149. The van der Waals surface area contributed by atoms with Gasteiger partial charge < -0.3 is 15.0 Å². The van der Waals surface area contributed by atoms with Crippen LogP contribution >= 0.6 is 0 Å². The molecule has 0 bridgehead atoms. The Bertz CT molecular complexity index is 759. The van der Waals surface area contributed by atoms with Crippen molar-refractivity contribution in [1.29, 1.82) is 0 Å². The fourth-order valence-electron chi connectivity index (χ4n) is 3.24. The van der Waals surface area contributed by atoms with Crippen LogP contribution in [0.15, 0.2) is 54.6 Å². The molecule has 2 aromatic carbocycles. The summed E-state index contributed by atoms with van der Waals surface area (Å²) in [5.74, 6) is 0.393. The standard InChI is InChI=1S/C22H26N2O3/c1-2-17-10-12-20(13-11-17)27-16-21(25)24-14-6-7-18(15-24)22(26)23-19-8-4-3-5-9-19/h3-5,8-13,18H,2,6-7,14-16H2,1H3,(H,23,26)/t18-/m0/s1. The first-order valence-corrected chi connectivity index (χ1v) is 9.51. The van der Waals surface area contributed by atoms with Gasteiger partial charge in [0.2, 0.25) is 5.91 Å². The molecule has 1 heterocycles. The predicted molar refractivity (Wildman–Crippen MR) is 106 cm³/mol. The minimum atomic E-state index is -0.188. The number of carbonyl (C=O) groups excluding carboxylic acids is 2. The summed E-state index contributed by atoms with van der Waals surface area (Å²) >= 11 is 0. The van der Waals surface area contributed by atoms with E-state index >= 15 is 0 Å². The van der Waals surface area contributed by atoms with Crippen LogP contribution in [0, 0.1) is 5.92 Å². The van der Waals surface area contributed by atoms with Crippen LogP contribution in [-0.4, -0.2) is 36.4 Å². The van der Waals surface area contributed by atoms with Crippen LogP contribution in [0.4, 0.5) is 5.69 Å². The maximum atomic E-state index is 12.5. The number of ether oxygens (including phenoxy) is 1. The molecular weight excluding hydrogens is 340 g/mol. The zero-order valence-corrected chi connectivity index (χ0v) is 15.7. The summed E-state index contributed by atoms with van der Waals surface area (Å²) in [7, 11) is 0. The van der Waals surface area contributed by atoms with Crippen molar-refractivity contribution in [2.45, 2.75) is 26.2 Å². The number of hydrogen-bond donors (Lipinski definition) is 1. The van der Waals surface area contributed by atoms with Gasteiger partial charge in [0.05, 0.1) is 5.92 Å². The first-order chi connectivity index (χ1) is 13.2. The van der Waals surface area contributed by atoms with Crippen LogP contribution in [0.2, 0.25) is 0 Å². The molecule has 2 amide bonds. The van der Waals surface area contributed by atoms with E-state index in [-0.39, 0.29) is 24.3 Å². The molecule has 1 fully saturated rings. The van der Waals surface area contributed by atoms with Crippen molar-refractivity contribution < 1.29 is 14.3 Å². The molecule has 1 saturated heterocycles. The van der Waals surface area contributed by atoms with Gasteiger partial charge >= 0.3 is 0 Å². The van der Waals surface area contributed by atoms with Gasteiger partial charge in [0, 0.05) is 18.8 Å². The van der Waals surface area contributed by atoms with Crippen LogP contribution in [0.5, 0.6) is 5.75 Å². The number of hydrogen-bond acceptors (Lipinski definition) is 3. The number of amides is 2. The molecule has 27 heavy (non-hydrogen) atoms. The summed E-state index contributed by atoms with van der Waals surface area (Å²) in [6, 6.07) is 17.2. The van der Waals surface area contributed by atoms with Crippen molar-refractivity contribution in [1.82, 2.24) is 4.90 Å². The smallest absolute Gasteiger partial charge is 0.260 e. The molecule has 0 aliphatic carbocycles. The van der Waals surface area contributed by atoms with Gasteiger partial charge in [-0.3, -0.25) is 9.59 Å². The number of likely N-dealkylation sites (tertiary alicyclic amines) is 1. The van der Waals surface area contributed by atoms with E-state index < -0.39 is 0 Å². The van der Waals surface area contributed by atoms with Crippen molar-refractivity contribution in [3.8, 4) is 5.75 Å². The van der Waals surface area contributed by atoms with Gasteiger partial charge in [-0.25, -0.2) is 0 Å². The molecule has 5 heteroatoms. The van der Waals surface area contributed by atoms with Crippen molar-refractivity contribution in [3.05, 3.63) is 60.2 Å². The second kappa shape index (κ2) is 9.21. The number of carbonyl (C=O) groups is 2. The number of benzene rings is 2. The highest BCUT2D eigenvalue weighted by Gasteiger charge is 2.28. The number of piperidine rings is 1. The highest BCUT2D eigenvalue weighted by atomic mass is 16.5. The highest BCUT2D eigenvalue weighted by Crippen LogP contribution is 2.19. The molecule has 1 atom stereocenters. The van der Waals surface area contributed by atoms with Gasteiger partial charge in [0.1, 0.15) is 5.75 Å². The van der Waals surface area contributed by atoms with E-state index in [1.54, 1.807) is 4.90 Å². The van der Waals surface area contributed by atoms with E-state index in [9.17, 15) is 9.59 Å². The molecule has 0 unspecified atom stereocenters. The number of nitrogens with one attached hydrogen (secondary N) is 1. The van der Waals surface area contributed by atoms with E-state index in [2.05, 4.69) is 12.2 Å². The normalized spacial score (nSPS) is 16.6. The molecule has 2 aromatic rings. The van der Waals surface area contributed by atoms with Gasteiger partial charge in [-0.2, -0.15) is 0 Å². The lowest BCUT2D eigenvalue weighted by Gasteiger charge is -2.32. The second-order valence-electron chi connectivity index (χ2n) is 6.82. The summed E-state index contributed by atoms with van der Waals surface area (Å²) in [5.41, 5.74) is 2.02. The van der Waals surface area contributed by atoms with Gasteiger partial charge in [-0.05, 0) is 49.1 Å². The summed E-state index contributed by atoms with van der Waals surface area (Å²) in [5, 5.41) is 2.93. The number of nitrogens with zero attached hydrogens (tertiary/aromatic N) is 1. The fraction of sp³-hybridized carbons (Fsp3) is 0.364. The molecule has 0 radical (unpaired) electrons. The Morgan fingerprint density at radius 1 is 1.11 bits per heavy atom. The third-order valence-electron chi connectivity index (χ3n) is 4.88. The first-order valence-electron chi connectivity index (χ1n) is 9.51. The van der Waals surface area contributed by atoms with Crippen LogP contribution in [0.3, 0.4) is 0 Å². The molecule has 5 nitrogen and oxygen atoms in total. The molecule has 1 aliphatic heterocycles. The maximum absolute atomic E-state index is 12.5. The average molecular weight is 366 g/mol. The van der Waals surface area contributed by atoms with Crippen LogP contribution in [-0.2, 0) is 16.0 Å². The molecule has 0 aromatic heterocycles. The fourth-order valence-corrected chi connectivity index (χ4v) is 3.24. The van der Waals surface area contributed by atoms with Gasteiger partial charge in [0.15, 0.2) is 6.61 Å². The average Bonchev–Trinajstić information content (AvgIpc) is 2.73. The molecule has 0 saturated carbocycles. The van der Waals surface area contributed by atoms with Gasteiger partial charge in [0.25, 0.3) is 5.91 Å². The Labute approximate surface area is 160 Å². The van der Waals surface area contributed by atoms with Crippen molar-refractivity contribution >= 4 is 17.5 Å². The van der Waals surface area contributed by atoms with Crippen LogP contribution < -0.4 is 10.1 Å². The SMILES string of the molecule is CCc1ccc(OCC(=O)N2CCC[C@H](C(=O)Nc3ccccc3)C2)cc1. The van der Waals surface area contributed by atoms with E-state index in [0.29, 0.717) is 18.8 Å². The molecule has 1 aliphatic rings. The van der Waals surface area contributed by atoms with Crippen molar-refractivity contribution in [2.75, 3.05) is 25.0 Å². The summed E-state index contributed by atoms with van der Waals surface area (Å²) in [6.45, 7) is 3.21. The summed E-state index contributed by atoms with van der Waals surface area (Å²) < 4.78 is 5.62. The lowest BCUT2D eigenvalue weighted by atomic mass is 9.97. The Hall–Kier alpha value is -2.82. The molecule has 142 valence electrons. The summed E-state index contributed by atoms with van der Waals surface area (Å²) in [6.07, 6.45) is 2.59. The Morgan fingerprint density at radius 2 is 1.85 bits per heavy atom. The van der Waals surface area contributed by atoms with Crippen LogP contribution in [0.25, 0.3) is 0 Å². The Kier molecular flexibility index (Phi) is 6.47.